The number of alkyl carbamates (subject to hydrolysis) is 1. The Bertz CT molecular complexity index is 1640. The zero-order valence-electron chi connectivity index (χ0n) is 26.7. The number of carbonyl (C=O) groups is 3. The quantitative estimate of drug-likeness (QED) is 0.147. The van der Waals surface area contributed by atoms with Crippen LogP contribution in [0.25, 0.3) is 11.1 Å². The number of benzene rings is 4. The predicted octanol–water partition coefficient (Wildman–Crippen LogP) is 7.28. The van der Waals surface area contributed by atoms with Crippen molar-refractivity contribution in [3.05, 3.63) is 125 Å². The second-order valence-electron chi connectivity index (χ2n) is 12.3. The molecule has 1 N–H and O–H groups in total. The molecule has 46 heavy (non-hydrogen) atoms. The number of ether oxygens (including phenoxy) is 4. The number of hydrogen-bond acceptors (Lipinski definition) is 7. The number of hydrogen-bond donors (Lipinski definition) is 1. The molecule has 2 atom stereocenters. The molecule has 1 aliphatic carbocycles. The molecule has 5 rings (SSSR count). The van der Waals surface area contributed by atoms with Crippen molar-refractivity contribution in [2.75, 3.05) is 13.7 Å². The van der Waals surface area contributed by atoms with Crippen LogP contribution in [0.3, 0.4) is 0 Å². The summed E-state index contributed by atoms with van der Waals surface area (Å²) in [6.45, 7) is 7.20. The van der Waals surface area contributed by atoms with Crippen LogP contribution >= 0.6 is 0 Å². The third kappa shape index (κ3) is 7.75. The highest BCUT2D eigenvalue weighted by Gasteiger charge is 2.33. The van der Waals surface area contributed by atoms with E-state index in [1.165, 1.54) is 0 Å². The molecule has 0 bridgehead atoms. The van der Waals surface area contributed by atoms with Crippen LogP contribution in [-0.4, -0.2) is 43.4 Å². The van der Waals surface area contributed by atoms with E-state index in [0.29, 0.717) is 11.3 Å². The van der Waals surface area contributed by atoms with Gasteiger partial charge in [-0.25, -0.2) is 9.59 Å². The Balaban J connectivity index is 1.35. The number of carbonyl (C=O) groups excluding carboxylic acids is 3. The molecule has 0 radical (unpaired) electrons. The summed E-state index contributed by atoms with van der Waals surface area (Å²) in [6, 6.07) is 29.4. The fraction of sp³-hybridized carbons (Fsp3) is 0.289. The fourth-order valence-electron chi connectivity index (χ4n) is 5.57. The second kappa shape index (κ2) is 13.9. The summed E-state index contributed by atoms with van der Waals surface area (Å²) in [7, 11) is 1.57. The molecule has 4 aromatic carbocycles. The van der Waals surface area contributed by atoms with Crippen molar-refractivity contribution >= 4 is 18.0 Å². The normalized spacial score (nSPS) is 13.5. The minimum absolute atomic E-state index is 0.0475. The van der Waals surface area contributed by atoms with Gasteiger partial charge in [-0.3, -0.25) is 4.79 Å². The van der Waals surface area contributed by atoms with Crippen LogP contribution in [0.5, 0.6) is 5.75 Å². The number of rotatable bonds is 10. The lowest BCUT2D eigenvalue weighted by atomic mass is 9.98. The molecular formula is C38H39NO7. The Labute approximate surface area is 269 Å². The highest BCUT2D eigenvalue weighted by Crippen LogP contribution is 2.44. The van der Waals surface area contributed by atoms with Crippen molar-refractivity contribution in [2.45, 2.75) is 57.8 Å². The summed E-state index contributed by atoms with van der Waals surface area (Å²) in [5.41, 5.74) is 5.98. The van der Waals surface area contributed by atoms with Gasteiger partial charge >= 0.3 is 18.0 Å². The molecular weight excluding hydrogens is 582 g/mol. The van der Waals surface area contributed by atoms with Gasteiger partial charge in [-0.2, -0.15) is 0 Å². The van der Waals surface area contributed by atoms with Gasteiger partial charge in [0.25, 0.3) is 0 Å². The van der Waals surface area contributed by atoms with E-state index in [-0.39, 0.29) is 12.5 Å². The molecule has 1 unspecified atom stereocenters. The van der Waals surface area contributed by atoms with E-state index in [2.05, 4.69) is 5.32 Å². The van der Waals surface area contributed by atoms with Gasteiger partial charge in [0.2, 0.25) is 0 Å². The van der Waals surface area contributed by atoms with Gasteiger partial charge in [0.1, 0.15) is 24.0 Å². The molecule has 1 aliphatic rings. The Morgan fingerprint density at radius 3 is 1.87 bits per heavy atom. The van der Waals surface area contributed by atoms with Gasteiger partial charge in [-0.05, 0) is 73.2 Å². The smallest absolute Gasteiger partial charge is 0.407 e. The van der Waals surface area contributed by atoms with Crippen LogP contribution in [0.2, 0.25) is 0 Å². The molecule has 8 heteroatoms. The maximum atomic E-state index is 13.8. The van der Waals surface area contributed by atoms with Crippen LogP contribution in [-0.2, 0) is 23.8 Å². The van der Waals surface area contributed by atoms with Gasteiger partial charge < -0.3 is 24.3 Å². The van der Waals surface area contributed by atoms with Gasteiger partial charge in [-0.15, -0.1) is 0 Å². The molecule has 0 heterocycles. The first-order chi connectivity index (χ1) is 22.0. The number of fused-ring (bicyclic) bond motifs is 3. The van der Waals surface area contributed by atoms with Crippen molar-refractivity contribution in [2.24, 2.45) is 0 Å². The fourth-order valence-corrected chi connectivity index (χ4v) is 5.57. The molecule has 0 aliphatic heterocycles. The Morgan fingerprint density at radius 2 is 1.33 bits per heavy atom. The summed E-state index contributed by atoms with van der Waals surface area (Å²) in [4.78, 5) is 39.9. The summed E-state index contributed by atoms with van der Waals surface area (Å²) in [5.74, 6) is -0.988. The van der Waals surface area contributed by atoms with Crippen molar-refractivity contribution < 1.29 is 33.3 Å². The molecule has 0 spiro atoms. The number of aryl methyl sites for hydroxylation is 1. The Hall–Kier alpha value is -5.11. The van der Waals surface area contributed by atoms with Gasteiger partial charge in [0.15, 0.2) is 6.10 Å². The predicted molar refractivity (Wildman–Crippen MR) is 175 cm³/mol. The van der Waals surface area contributed by atoms with Gasteiger partial charge in [0.05, 0.1) is 13.5 Å². The zero-order valence-corrected chi connectivity index (χ0v) is 26.7. The monoisotopic (exact) mass is 621 g/mol. The van der Waals surface area contributed by atoms with E-state index in [1.54, 1.807) is 52.1 Å². The van der Waals surface area contributed by atoms with E-state index >= 15 is 0 Å². The molecule has 0 aromatic heterocycles. The number of amides is 1. The summed E-state index contributed by atoms with van der Waals surface area (Å²) < 4.78 is 22.5. The molecule has 0 saturated carbocycles. The molecule has 1 amide bonds. The Morgan fingerprint density at radius 1 is 0.783 bits per heavy atom. The highest BCUT2D eigenvalue weighted by molar-refractivity contribution is 5.87. The maximum absolute atomic E-state index is 13.8. The standard InChI is InChI=1S/C38H39NO7/c1-24-14-16-25(17-15-24)35(26-18-20-27(43-5)21-19-26)45-36(41)33(22-34(40)46-38(2,3)4)39-37(42)44-23-32-30-12-8-6-10-28(30)29-11-7-9-13-31(29)32/h6-21,32-33,35H,22-23H2,1-5H3,(H,39,42)/t33-,35?/m0/s1. The van der Waals surface area contributed by atoms with Crippen molar-refractivity contribution in [1.29, 1.82) is 0 Å². The first-order valence-corrected chi connectivity index (χ1v) is 15.3. The third-order valence-corrected chi connectivity index (χ3v) is 7.74. The summed E-state index contributed by atoms with van der Waals surface area (Å²) in [5, 5.41) is 2.58. The number of nitrogens with one attached hydrogen (secondary N) is 1. The lowest BCUT2D eigenvalue weighted by Gasteiger charge is -2.25. The summed E-state index contributed by atoms with van der Waals surface area (Å²) >= 11 is 0. The number of esters is 2. The van der Waals surface area contributed by atoms with Crippen LogP contribution in [0, 0.1) is 6.92 Å². The van der Waals surface area contributed by atoms with E-state index < -0.39 is 42.2 Å². The summed E-state index contributed by atoms with van der Waals surface area (Å²) in [6.07, 6.45) is -2.10. The first kappa shape index (κ1) is 32.3. The lowest BCUT2D eigenvalue weighted by molar-refractivity contribution is -0.161. The van der Waals surface area contributed by atoms with Crippen LogP contribution in [0.4, 0.5) is 4.79 Å². The van der Waals surface area contributed by atoms with Crippen LogP contribution in [0.1, 0.15) is 67.0 Å². The highest BCUT2D eigenvalue weighted by atomic mass is 16.6. The van der Waals surface area contributed by atoms with Crippen molar-refractivity contribution in [3.63, 3.8) is 0 Å². The second-order valence-corrected chi connectivity index (χ2v) is 12.3. The van der Waals surface area contributed by atoms with E-state index in [1.807, 2.05) is 79.7 Å². The first-order valence-electron chi connectivity index (χ1n) is 15.3. The average molecular weight is 622 g/mol. The van der Waals surface area contributed by atoms with Crippen molar-refractivity contribution in [3.8, 4) is 16.9 Å². The molecule has 0 saturated heterocycles. The largest absolute Gasteiger partial charge is 0.497 e. The molecule has 8 nitrogen and oxygen atoms in total. The SMILES string of the molecule is COc1ccc(C(OC(=O)[C@H](CC(=O)OC(C)(C)C)NC(=O)OCC2c3ccccc3-c3ccccc32)c2ccc(C)cc2)cc1. The maximum Gasteiger partial charge on any atom is 0.407 e. The van der Waals surface area contributed by atoms with E-state index in [9.17, 15) is 14.4 Å². The minimum Gasteiger partial charge on any atom is -0.497 e. The van der Waals surface area contributed by atoms with Gasteiger partial charge in [0, 0.05) is 5.92 Å². The zero-order chi connectivity index (χ0) is 32.8. The minimum atomic E-state index is -1.36. The van der Waals surface area contributed by atoms with E-state index in [0.717, 1.165) is 33.4 Å². The van der Waals surface area contributed by atoms with E-state index in [4.69, 9.17) is 18.9 Å². The molecule has 0 fully saturated rings. The topological polar surface area (TPSA) is 100 Å². The molecule has 238 valence electrons. The third-order valence-electron chi connectivity index (χ3n) is 7.74. The van der Waals surface area contributed by atoms with Gasteiger partial charge in [-0.1, -0.05) is 90.5 Å². The Kier molecular flexibility index (Phi) is 9.75. The van der Waals surface area contributed by atoms with Crippen LogP contribution in [0.15, 0.2) is 97.1 Å². The average Bonchev–Trinajstić information content (AvgIpc) is 3.35. The molecule has 4 aromatic rings. The van der Waals surface area contributed by atoms with Crippen LogP contribution < -0.4 is 10.1 Å². The lowest BCUT2D eigenvalue weighted by Crippen LogP contribution is -2.45. The number of methoxy groups -OCH3 is 1. The van der Waals surface area contributed by atoms with Crippen molar-refractivity contribution in [1.82, 2.24) is 5.32 Å².